The van der Waals surface area contributed by atoms with E-state index in [0.29, 0.717) is 12.0 Å². The first-order valence-electron chi connectivity index (χ1n) is 6.87. The molecule has 0 spiro atoms. The highest BCUT2D eigenvalue weighted by atomic mass is 16.7. The smallest absolute Gasteiger partial charge is 0.415 e. The Morgan fingerprint density at radius 3 is 2.52 bits per heavy atom. The Morgan fingerprint density at radius 1 is 1.14 bits per heavy atom. The summed E-state index contributed by atoms with van der Waals surface area (Å²) in [4.78, 5) is 22.7. The minimum absolute atomic E-state index is 0.0742. The molecule has 0 aliphatic heterocycles. The Kier molecular flexibility index (Phi) is 7.56. The maximum atomic E-state index is 11.4. The number of benzene rings is 1. The van der Waals surface area contributed by atoms with Crippen LogP contribution in [0, 0.1) is 5.41 Å². The topological polar surface area (TPSA) is 88.5 Å². The van der Waals surface area contributed by atoms with E-state index < -0.39 is 18.9 Å². The minimum Gasteiger partial charge on any atom is -0.428 e. The van der Waals surface area contributed by atoms with Crippen molar-refractivity contribution in [2.45, 2.75) is 32.6 Å². The lowest BCUT2D eigenvalue weighted by atomic mass is 10.2. The standard InChI is InChI=1S/C15H20N2O4/c1-2-3-5-10-13(18)20-11-21-15(19)17-14(16)12-8-6-4-7-9-12/h4,6-9H,2-3,5,10-11H2,1H3,(H2,16,17,19). The number of rotatable bonds is 7. The van der Waals surface area contributed by atoms with Crippen molar-refractivity contribution in [2.24, 2.45) is 0 Å². The van der Waals surface area contributed by atoms with Crippen molar-refractivity contribution in [2.75, 3.05) is 6.79 Å². The lowest BCUT2D eigenvalue weighted by molar-refractivity contribution is -0.151. The van der Waals surface area contributed by atoms with Gasteiger partial charge in [-0.25, -0.2) is 4.79 Å². The van der Waals surface area contributed by atoms with E-state index in [1.807, 2.05) is 13.0 Å². The highest BCUT2D eigenvalue weighted by Gasteiger charge is 2.08. The monoisotopic (exact) mass is 292 g/mol. The molecule has 6 nitrogen and oxygen atoms in total. The molecule has 0 unspecified atom stereocenters. The zero-order valence-electron chi connectivity index (χ0n) is 12.1. The molecule has 0 saturated heterocycles. The van der Waals surface area contributed by atoms with Crippen LogP contribution in [0.4, 0.5) is 4.79 Å². The largest absolute Gasteiger partial charge is 0.428 e. The van der Waals surface area contributed by atoms with E-state index in [0.717, 1.165) is 19.3 Å². The Morgan fingerprint density at radius 2 is 1.86 bits per heavy atom. The van der Waals surface area contributed by atoms with Crippen molar-refractivity contribution in [3.05, 3.63) is 35.9 Å². The molecule has 1 rings (SSSR count). The Bertz CT molecular complexity index is 474. The van der Waals surface area contributed by atoms with Crippen molar-refractivity contribution in [3.63, 3.8) is 0 Å². The van der Waals surface area contributed by atoms with Crippen molar-refractivity contribution in [1.82, 2.24) is 5.32 Å². The van der Waals surface area contributed by atoms with Crippen LogP contribution in [-0.4, -0.2) is 24.7 Å². The molecule has 0 atom stereocenters. The van der Waals surface area contributed by atoms with Crippen LogP contribution in [0.15, 0.2) is 30.3 Å². The molecular formula is C15H20N2O4. The number of hydrogen-bond acceptors (Lipinski definition) is 5. The van der Waals surface area contributed by atoms with Crippen molar-refractivity contribution in [1.29, 1.82) is 5.41 Å². The lowest BCUT2D eigenvalue weighted by Gasteiger charge is -2.08. The van der Waals surface area contributed by atoms with Crippen LogP contribution in [0.2, 0.25) is 0 Å². The van der Waals surface area contributed by atoms with Gasteiger partial charge >= 0.3 is 12.1 Å². The molecule has 0 radical (unpaired) electrons. The Hall–Kier alpha value is -2.37. The second-order valence-corrected chi connectivity index (χ2v) is 4.39. The summed E-state index contributed by atoms with van der Waals surface area (Å²) < 4.78 is 9.43. The van der Waals surface area contributed by atoms with Gasteiger partial charge in [-0.15, -0.1) is 0 Å². The highest BCUT2D eigenvalue weighted by Crippen LogP contribution is 2.01. The average molecular weight is 292 g/mol. The molecule has 0 fully saturated rings. The molecule has 2 N–H and O–H groups in total. The number of nitrogens with one attached hydrogen (secondary N) is 2. The second-order valence-electron chi connectivity index (χ2n) is 4.39. The van der Waals surface area contributed by atoms with Crippen LogP contribution in [0.5, 0.6) is 0 Å². The fourth-order valence-corrected chi connectivity index (χ4v) is 1.56. The Labute approximate surface area is 124 Å². The van der Waals surface area contributed by atoms with Gasteiger partial charge in [0.15, 0.2) is 0 Å². The molecular weight excluding hydrogens is 272 g/mol. The van der Waals surface area contributed by atoms with Gasteiger partial charge < -0.3 is 9.47 Å². The number of amidine groups is 1. The number of alkyl carbamates (subject to hydrolysis) is 1. The van der Waals surface area contributed by atoms with E-state index in [4.69, 9.17) is 10.1 Å². The van der Waals surface area contributed by atoms with Gasteiger partial charge in [0.2, 0.25) is 6.79 Å². The van der Waals surface area contributed by atoms with Gasteiger partial charge in [-0.2, -0.15) is 0 Å². The SMILES string of the molecule is CCCCCC(=O)OCOC(=O)NC(=N)c1ccccc1. The number of hydrogen-bond donors (Lipinski definition) is 2. The fourth-order valence-electron chi connectivity index (χ4n) is 1.56. The molecule has 1 aromatic carbocycles. The van der Waals surface area contributed by atoms with Gasteiger partial charge in [-0.1, -0.05) is 50.1 Å². The molecule has 6 heteroatoms. The molecule has 0 saturated carbocycles. The molecule has 0 aliphatic rings. The van der Waals surface area contributed by atoms with Gasteiger partial charge in [-0.3, -0.25) is 15.5 Å². The molecule has 21 heavy (non-hydrogen) atoms. The molecule has 1 amide bonds. The predicted molar refractivity (Wildman–Crippen MR) is 78.0 cm³/mol. The van der Waals surface area contributed by atoms with E-state index in [9.17, 15) is 9.59 Å². The molecule has 0 heterocycles. The van der Waals surface area contributed by atoms with Gasteiger partial charge in [0.1, 0.15) is 5.84 Å². The summed E-state index contributed by atoms with van der Waals surface area (Å²) in [5.74, 6) is -0.468. The third-order valence-corrected chi connectivity index (χ3v) is 2.68. The van der Waals surface area contributed by atoms with Crippen molar-refractivity contribution < 1.29 is 19.1 Å². The highest BCUT2D eigenvalue weighted by molar-refractivity contribution is 6.04. The summed E-state index contributed by atoms with van der Waals surface area (Å²) in [7, 11) is 0. The minimum atomic E-state index is -0.829. The van der Waals surface area contributed by atoms with Gasteiger partial charge in [0, 0.05) is 12.0 Å². The molecule has 114 valence electrons. The van der Waals surface area contributed by atoms with Crippen LogP contribution >= 0.6 is 0 Å². The number of ether oxygens (including phenoxy) is 2. The quantitative estimate of drug-likeness (QED) is 0.266. The Balaban J connectivity index is 2.19. The summed E-state index contributed by atoms with van der Waals surface area (Å²) in [6.07, 6.45) is 2.24. The summed E-state index contributed by atoms with van der Waals surface area (Å²) in [6.45, 7) is 1.60. The van der Waals surface area contributed by atoms with Crippen LogP contribution < -0.4 is 5.32 Å². The van der Waals surface area contributed by atoms with Crippen LogP contribution in [0.25, 0.3) is 0 Å². The van der Waals surface area contributed by atoms with E-state index in [1.54, 1.807) is 24.3 Å². The first-order chi connectivity index (χ1) is 10.1. The summed E-state index contributed by atoms with van der Waals surface area (Å²) >= 11 is 0. The normalized spacial score (nSPS) is 9.76. The summed E-state index contributed by atoms with van der Waals surface area (Å²) in [5.41, 5.74) is 0.561. The van der Waals surface area contributed by atoms with Crippen LogP contribution in [0.3, 0.4) is 0 Å². The number of carbonyl (C=O) groups is 2. The van der Waals surface area contributed by atoms with Crippen LogP contribution in [0.1, 0.15) is 38.2 Å². The summed E-state index contributed by atoms with van der Waals surface area (Å²) in [5, 5.41) is 9.93. The van der Waals surface area contributed by atoms with Gasteiger partial charge in [0.05, 0.1) is 0 Å². The first kappa shape index (κ1) is 16.7. The van der Waals surface area contributed by atoms with Gasteiger partial charge in [-0.05, 0) is 6.42 Å². The van der Waals surface area contributed by atoms with Crippen molar-refractivity contribution in [3.8, 4) is 0 Å². The fraction of sp³-hybridized carbons (Fsp3) is 0.400. The van der Waals surface area contributed by atoms with E-state index in [-0.39, 0.29) is 5.84 Å². The summed E-state index contributed by atoms with van der Waals surface area (Å²) in [6, 6.07) is 8.71. The van der Waals surface area contributed by atoms with Crippen LogP contribution in [-0.2, 0) is 14.3 Å². The molecule has 0 aromatic heterocycles. The molecule has 0 aliphatic carbocycles. The lowest BCUT2D eigenvalue weighted by Crippen LogP contribution is -2.31. The third kappa shape index (κ3) is 7.10. The number of esters is 1. The van der Waals surface area contributed by atoms with E-state index in [1.165, 1.54) is 0 Å². The van der Waals surface area contributed by atoms with Crippen molar-refractivity contribution >= 4 is 17.9 Å². The molecule has 1 aromatic rings. The maximum absolute atomic E-state index is 11.4. The molecule has 0 bridgehead atoms. The second kappa shape index (κ2) is 9.52. The van der Waals surface area contributed by atoms with Gasteiger partial charge in [0.25, 0.3) is 0 Å². The van der Waals surface area contributed by atoms with E-state index >= 15 is 0 Å². The maximum Gasteiger partial charge on any atom is 0.415 e. The number of carbonyl (C=O) groups excluding carboxylic acids is 2. The third-order valence-electron chi connectivity index (χ3n) is 2.68. The van der Waals surface area contributed by atoms with E-state index in [2.05, 4.69) is 10.1 Å². The predicted octanol–water partition coefficient (Wildman–Crippen LogP) is 2.82. The zero-order chi connectivity index (χ0) is 15.5. The zero-order valence-corrected chi connectivity index (χ0v) is 12.1. The number of unbranched alkanes of at least 4 members (excludes halogenated alkanes) is 2. The number of amides is 1. The average Bonchev–Trinajstić information content (AvgIpc) is 2.48. The first-order valence-corrected chi connectivity index (χ1v) is 6.87.